The molecule has 33 heavy (non-hydrogen) atoms. The Kier molecular flexibility index (Phi) is 9.59. The van der Waals surface area contributed by atoms with Gasteiger partial charge >= 0.3 is 11.9 Å². The quantitative estimate of drug-likeness (QED) is 0.355. The second-order valence-electron chi connectivity index (χ2n) is 6.79. The number of carbonyl (C=O) groups excluding carboxylic acids is 3. The molecule has 0 unspecified atom stereocenters. The van der Waals surface area contributed by atoms with Crippen LogP contribution in [0.1, 0.15) is 54.6 Å². The lowest BCUT2D eigenvalue weighted by Gasteiger charge is -2.13. The Hall–Kier alpha value is -3.69. The van der Waals surface area contributed by atoms with Crippen LogP contribution in [0.2, 0.25) is 0 Å². The molecule has 0 bridgehead atoms. The third-order valence-electron chi connectivity index (χ3n) is 4.45. The molecule has 0 aliphatic rings. The number of nitrogens with zero attached hydrogens (tertiary/aromatic N) is 1. The number of primary amides is 1. The summed E-state index contributed by atoms with van der Waals surface area (Å²) in [6.07, 6.45) is 1.51. The van der Waals surface area contributed by atoms with E-state index >= 15 is 0 Å². The number of hydrogen-bond acceptors (Lipinski definition) is 8. The maximum atomic E-state index is 13.1. The second-order valence-corrected chi connectivity index (χ2v) is 6.79. The maximum Gasteiger partial charge on any atom is 0.359 e. The largest absolute Gasteiger partial charge is 0.497 e. The summed E-state index contributed by atoms with van der Waals surface area (Å²) in [4.78, 5) is 37.5. The van der Waals surface area contributed by atoms with Gasteiger partial charge in [0.2, 0.25) is 0 Å². The van der Waals surface area contributed by atoms with Crippen LogP contribution in [0.5, 0.6) is 17.2 Å². The van der Waals surface area contributed by atoms with Crippen LogP contribution in [0.4, 0.5) is 0 Å². The van der Waals surface area contributed by atoms with Gasteiger partial charge in [-0.25, -0.2) is 9.59 Å². The molecule has 180 valence electrons. The van der Waals surface area contributed by atoms with Crippen molar-refractivity contribution in [3.05, 3.63) is 35.7 Å². The van der Waals surface area contributed by atoms with Crippen LogP contribution < -0.4 is 19.9 Å². The van der Waals surface area contributed by atoms with E-state index in [1.807, 2.05) is 6.92 Å². The lowest BCUT2D eigenvalue weighted by molar-refractivity contribution is -0.120. The van der Waals surface area contributed by atoms with E-state index in [1.165, 1.54) is 11.7 Å². The SMILES string of the molecule is CCCCOc1c(OCC(N)=O)c(C(=O)OCC)n(-c2ccc(OC)cc2)c1C(=O)OCC. The summed E-state index contributed by atoms with van der Waals surface area (Å²) in [6.45, 7) is 5.15. The Morgan fingerprint density at radius 3 is 1.88 bits per heavy atom. The first-order valence-electron chi connectivity index (χ1n) is 10.7. The highest BCUT2D eigenvalue weighted by atomic mass is 16.6. The van der Waals surface area contributed by atoms with Gasteiger partial charge in [0, 0.05) is 5.69 Å². The van der Waals surface area contributed by atoms with Crippen molar-refractivity contribution in [3.63, 3.8) is 0 Å². The normalized spacial score (nSPS) is 10.4. The molecule has 0 aliphatic carbocycles. The van der Waals surface area contributed by atoms with Gasteiger partial charge in [-0.15, -0.1) is 0 Å². The summed E-state index contributed by atoms with van der Waals surface area (Å²) < 4.78 is 28.5. The molecule has 2 aromatic rings. The van der Waals surface area contributed by atoms with Crippen molar-refractivity contribution in [2.75, 3.05) is 33.5 Å². The van der Waals surface area contributed by atoms with Crippen molar-refractivity contribution in [2.45, 2.75) is 33.6 Å². The number of carbonyl (C=O) groups is 3. The van der Waals surface area contributed by atoms with E-state index in [9.17, 15) is 14.4 Å². The van der Waals surface area contributed by atoms with E-state index in [0.717, 1.165) is 6.42 Å². The predicted molar refractivity (Wildman–Crippen MR) is 119 cm³/mol. The molecule has 0 saturated heterocycles. The average Bonchev–Trinajstić information content (AvgIpc) is 3.12. The van der Waals surface area contributed by atoms with Gasteiger partial charge in [0.25, 0.3) is 5.91 Å². The number of benzene rings is 1. The summed E-state index contributed by atoms with van der Waals surface area (Å²) in [7, 11) is 1.52. The van der Waals surface area contributed by atoms with Gasteiger partial charge in [0.15, 0.2) is 29.5 Å². The van der Waals surface area contributed by atoms with Crippen LogP contribution in [0, 0.1) is 0 Å². The Morgan fingerprint density at radius 1 is 0.879 bits per heavy atom. The second kappa shape index (κ2) is 12.4. The molecule has 1 amide bonds. The first-order valence-corrected chi connectivity index (χ1v) is 10.7. The zero-order valence-corrected chi connectivity index (χ0v) is 19.3. The molecule has 2 N–H and O–H groups in total. The van der Waals surface area contributed by atoms with Crippen molar-refractivity contribution in [1.82, 2.24) is 4.57 Å². The minimum atomic E-state index is -0.774. The molecule has 10 heteroatoms. The van der Waals surface area contributed by atoms with E-state index < -0.39 is 24.5 Å². The molecule has 0 atom stereocenters. The molecule has 1 heterocycles. The number of amides is 1. The molecule has 0 aliphatic heterocycles. The molecule has 0 radical (unpaired) electrons. The van der Waals surface area contributed by atoms with Crippen molar-refractivity contribution >= 4 is 17.8 Å². The minimum Gasteiger partial charge on any atom is -0.497 e. The number of esters is 2. The third-order valence-corrected chi connectivity index (χ3v) is 4.45. The van der Waals surface area contributed by atoms with Crippen LogP contribution in [-0.2, 0) is 14.3 Å². The first kappa shape index (κ1) is 25.6. The minimum absolute atomic E-state index is 0.0259. The predicted octanol–water partition coefficient (Wildman–Crippen LogP) is 2.88. The molecule has 10 nitrogen and oxygen atoms in total. The van der Waals surface area contributed by atoms with Crippen molar-refractivity contribution < 1.29 is 38.1 Å². The molecule has 1 aromatic carbocycles. The first-order chi connectivity index (χ1) is 15.9. The fourth-order valence-corrected chi connectivity index (χ4v) is 3.02. The third kappa shape index (κ3) is 6.18. The highest BCUT2D eigenvalue weighted by Crippen LogP contribution is 2.41. The monoisotopic (exact) mass is 462 g/mol. The highest BCUT2D eigenvalue weighted by molar-refractivity contribution is 6.01. The van der Waals surface area contributed by atoms with Crippen molar-refractivity contribution in [3.8, 4) is 22.9 Å². The van der Waals surface area contributed by atoms with E-state index in [4.69, 9.17) is 29.4 Å². The van der Waals surface area contributed by atoms with Gasteiger partial charge in [0.1, 0.15) is 5.75 Å². The molecule has 0 spiro atoms. The Labute approximate surface area is 192 Å². The Morgan fingerprint density at radius 2 is 1.42 bits per heavy atom. The molecular weight excluding hydrogens is 432 g/mol. The summed E-state index contributed by atoms with van der Waals surface area (Å²) in [6, 6.07) is 6.64. The van der Waals surface area contributed by atoms with Crippen LogP contribution in [-0.4, -0.2) is 56.0 Å². The summed E-state index contributed by atoms with van der Waals surface area (Å²) in [5, 5.41) is 0. The highest BCUT2D eigenvalue weighted by Gasteiger charge is 2.36. The fraction of sp³-hybridized carbons (Fsp3) is 0.435. The number of aromatic nitrogens is 1. The standard InChI is InChI=1S/C23H30N2O8/c1-5-8-13-32-20-18(22(27)30-6-2)25(15-9-11-16(29-4)12-10-15)19(23(28)31-7-3)21(20)33-14-17(24)26/h9-12H,5-8,13-14H2,1-4H3,(H2,24,26). The van der Waals surface area contributed by atoms with Gasteiger partial charge < -0.3 is 29.4 Å². The number of unbranched alkanes of at least 4 members (excludes halogenated alkanes) is 1. The number of ether oxygens (including phenoxy) is 5. The van der Waals surface area contributed by atoms with Gasteiger partial charge in [-0.05, 0) is 44.5 Å². The van der Waals surface area contributed by atoms with Crippen LogP contribution in [0.3, 0.4) is 0 Å². The number of methoxy groups -OCH3 is 1. The van der Waals surface area contributed by atoms with Crippen molar-refractivity contribution in [2.24, 2.45) is 5.73 Å². The Balaban J connectivity index is 2.86. The van der Waals surface area contributed by atoms with Crippen LogP contribution in [0.15, 0.2) is 24.3 Å². The van der Waals surface area contributed by atoms with E-state index in [2.05, 4.69) is 0 Å². The van der Waals surface area contributed by atoms with Gasteiger partial charge in [-0.1, -0.05) is 13.3 Å². The van der Waals surface area contributed by atoms with E-state index in [-0.39, 0.29) is 42.7 Å². The summed E-state index contributed by atoms with van der Waals surface area (Å²) >= 11 is 0. The topological polar surface area (TPSA) is 128 Å². The number of rotatable bonds is 13. The van der Waals surface area contributed by atoms with Crippen LogP contribution >= 0.6 is 0 Å². The van der Waals surface area contributed by atoms with E-state index in [1.54, 1.807) is 38.1 Å². The average molecular weight is 462 g/mol. The molecular formula is C23H30N2O8. The van der Waals surface area contributed by atoms with Gasteiger partial charge in [0.05, 0.1) is 26.9 Å². The molecule has 1 aromatic heterocycles. The summed E-state index contributed by atoms with van der Waals surface area (Å²) in [5.74, 6) is -1.85. The maximum absolute atomic E-state index is 13.1. The fourth-order valence-electron chi connectivity index (χ4n) is 3.02. The van der Waals surface area contributed by atoms with Crippen molar-refractivity contribution in [1.29, 1.82) is 0 Å². The lowest BCUT2D eigenvalue weighted by Crippen LogP contribution is -2.21. The van der Waals surface area contributed by atoms with Gasteiger partial charge in [-0.3, -0.25) is 9.36 Å². The number of hydrogen-bond donors (Lipinski definition) is 1. The Bertz CT molecular complexity index is 966. The summed E-state index contributed by atoms with van der Waals surface area (Å²) in [5.41, 5.74) is 5.49. The molecule has 2 rings (SSSR count). The lowest BCUT2D eigenvalue weighted by atomic mass is 10.2. The number of nitrogens with two attached hydrogens (primary N) is 1. The molecule has 0 fully saturated rings. The van der Waals surface area contributed by atoms with Gasteiger partial charge in [-0.2, -0.15) is 0 Å². The van der Waals surface area contributed by atoms with E-state index in [0.29, 0.717) is 17.9 Å². The van der Waals surface area contributed by atoms with Crippen LogP contribution in [0.25, 0.3) is 5.69 Å². The smallest absolute Gasteiger partial charge is 0.359 e. The molecule has 0 saturated carbocycles. The zero-order valence-electron chi connectivity index (χ0n) is 19.3. The zero-order chi connectivity index (χ0) is 24.4.